The molecular formula is C25H33N7O4S2. The predicted octanol–water partition coefficient (Wildman–Crippen LogP) is 1.63. The minimum Gasteiger partial charge on any atom is -0.476 e. The van der Waals surface area contributed by atoms with E-state index in [1.165, 1.54) is 12.1 Å². The van der Waals surface area contributed by atoms with E-state index in [4.69, 9.17) is 21.2 Å². The van der Waals surface area contributed by atoms with Gasteiger partial charge in [-0.25, -0.2) is 22.8 Å². The first-order valence-corrected chi connectivity index (χ1v) is 15.1. The molecule has 13 heteroatoms. The van der Waals surface area contributed by atoms with Crippen molar-refractivity contribution in [1.29, 1.82) is 0 Å². The largest absolute Gasteiger partial charge is 0.476 e. The highest BCUT2D eigenvalue weighted by Gasteiger charge is 2.43. The van der Waals surface area contributed by atoms with Crippen molar-refractivity contribution in [3.8, 4) is 11.7 Å². The quantitative estimate of drug-likeness (QED) is 0.295. The van der Waals surface area contributed by atoms with Gasteiger partial charge in [0.25, 0.3) is 15.9 Å². The lowest BCUT2D eigenvalue weighted by Crippen LogP contribution is -2.48. The second-order valence-corrected chi connectivity index (χ2v) is 12.0. The number of sulfonamides is 1. The number of carbonyl (C=O) groups is 1. The smallest absolute Gasteiger partial charge is 0.268 e. The first kappa shape index (κ1) is 27.9. The molecule has 0 spiro atoms. The third kappa shape index (κ3) is 5.96. The number of carbonyl (C=O) groups excluding carboxylic acids is 1. The number of pyridine rings is 1. The van der Waals surface area contributed by atoms with Crippen LogP contribution in [0, 0.1) is 5.92 Å². The number of benzene rings is 1. The van der Waals surface area contributed by atoms with E-state index in [2.05, 4.69) is 9.82 Å². The van der Waals surface area contributed by atoms with E-state index < -0.39 is 21.5 Å². The van der Waals surface area contributed by atoms with Crippen LogP contribution in [-0.4, -0.2) is 72.9 Å². The van der Waals surface area contributed by atoms with E-state index >= 15 is 0 Å². The molecule has 0 aliphatic carbocycles. The molecule has 1 aromatic carbocycles. The van der Waals surface area contributed by atoms with E-state index in [0.717, 1.165) is 5.75 Å². The van der Waals surface area contributed by atoms with Gasteiger partial charge in [0.05, 0.1) is 22.6 Å². The Hall–Kier alpha value is -3.13. The zero-order valence-electron chi connectivity index (χ0n) is 21.4. The Morgan fingerprint density at radius 3 is 2.66 bits per heavy atom. The van der Waals surface area contributed by atoms with Gasteiger partial charge in [0, 0.05) is 31.1 Å². The molecule has 5 N–H and O–H groups in total. The van der Waals surface area contributed by atoms with Crippen LogP contribution in [0.25, 0.3) is 5.82 Å². The molecular weight excluding hydrogens is 526 g/mol. The van der Waals surface area contributed by atoms with Gasteiger partial charge in [-0.3, -0.25) is 4.79 Å². The number of hydrogen-bond donors (Lipinski definition) is 3. The van der Waals surface area contributed by atoms with Gasteiger partial charge in [-0.15, -0.1) is 5.10 Å². The van der Waals surface area contributed by atoms with Crippen LogP contribution in [0.1, 0.15) is 23.7 Å². The van der Waals surface area contributed by atoms with Crippen LogP contribution in [0.3, 0.4) is 0 Å². The molecule has 3 heterocycles. The first-order valence-electron chi connectivity index (χ1n) is 12.2. The molecule has 38 heavy (non-hydrogen) atoms. The number of nitrogens with two attached hydrogens (primary N) is 2. The number of rotatable bonds is 11. The minimum absolute atomic E-state index is 0.0128. The van der Waals surface area contributed by atoms with Crippen LogP contribution < -0.4 is 25.8 Å². The third-order valence-electron chi connectivity index (χ3n) is 6.57. The molecule has 1 aliphatic rings. The molecule has 1 amide bonds. The molecule has 1 fully saturated rings. The van der Waals surface area contributed by atoms with Crippen molar-refractivity contribution in [2.24, 2.45) is 17.4 Å². The number of nitrogens with zero attached hydrogens (tertiary/aromatic N) is 4. The van der Waals surface area contributed by atoms with E-state index in [0.29, 0.717) is 50.2 Å². The third-order valence-corrected chi connectivity index (χ3v) is 8.49. The average molecular weight is 560 g/mol. The summed E-state index contributed by atoms with van der Waals surface area (Å²) in [7, 11) is -4.09. The molecule has 4 rings (SSSR count). The Balaban J connectivity index is 1.73. The lowest BCUT2D eigenvalue weighted by molar-refractivity contribution is 0.0981. The number of anilines is 1. The normalized spacial score (nSPS) is 19.5. The lowest BCUT2D eigenvalue weighted by Gasteiger charge is -2.36. The average Bonchev–Trinajstić information content (AvgIpc) is 3.53. The molecule has 3 aromatic rings. The standard InChI is InChI=1S/C25H33N7O4S2/c1-25(17-27)14-18(15-26)16-31(25)23-20(24(33)30-38(34,35)19-6-4-3-5-7-19)8-9-21(28-23)32-11-10-22(29-32)36-12-13-37-2/h3-11,18H,12-17,26-27H2,1-2H3,(H,30,33)/t18-,25?/m1/s1. The molecule has 0 radical (unpaired) electrons. The Morgan fingerprint density at radius 2 is 1.97 bits per heavy atom. The number of aromatic nitrogens is 3. The Morgan fingerprint density at radius 1 is 1.21 bits per heavy atom. The Kier molecular flexibility index (Phi) is 8.61. The summed E-state index contributed by atoms with van der Waals surface area (Å²) < 4.78 is 35.2. The van der Waals surface area contributed by atoms with E-state index in [1.54, 1.807) is 59.0 Å². The highest BCUT2D eigenvalue weighted by Crippen LogP contribution is 2.37. The zero-order chi connectivity index (χ0) is 27.3. The van der Waals surface area contributed by atoms with Gasteiger partial charge in [-0.1, -0.05) is 18.2 Å². The Bertz CT molecular complexity index is 1370. The van der Waals surface area contributed by atoms with Crippen molar-refractivity contribution in [3.05, 3.63) is 60.3 Å². The summed E-state index contributed by atoms with van der Waals surface area (Å²) in [6, 6.07) is 12.6. The summed E-state index contributed by atoms with van der Waals surface area (Å²) >= 11 is 1.67. The van der Waals surface area contributed by atoms with Crippen LogP contribution in [0.2, 0.25) is 0 Å². The topological polar surface area (TPSA) is 158 Å². The van der Waals surface area contributed by atoms with Crippen LogP contribution in [0.4, 0.5) is 5.82 Å². The SMILES string of the molecule is CSCCOc1ccn(-c2ccc(C(=O)NS(=O)(=O)c3ccccc3)c(N3C[C@@H](CN)CC3(C)CN)n2)n1. The maximum atomic E-state index is 13.4. The Labute approximate surface area is 227 Å². The van der Waals surface area contributed by atoms with Gasteiger partial charge in [0.2, 0.25) is 5.88 Å². The highest BCUT2D eigenvalue weighted by molar-refractivity contribution is 7.98. The maximum absolute atomic E-state index is 13.4. The van der Waals surface area contributed by atoms with Crippen molar-refractivity contribution in [2.45, 2.75) is 23.8 Å². The molecule has 1 saturated heterocycles. The van der Waals surface area contributed by atoms with Crippen molar-refractivity contribution in [2.75, 3.05) is 43.1 Å². The molecule has 1 unspecified atom stereocenters. The van der Waals surface area contributed by atoms with Gasteiger partial charge >= 0.3 is 0 Å². The molecule has 0 saturated carbocycles. The molecule has 2 aromatic heterocycles. The van der Waals surface area contributed by atoms with Gasteiger partial charge in [-0.2, -0.15) is 11.8 Å². The zero-order valence-corrected chi connectivity index (χ0v) is 23.0. The number of hydrogen-bond acceptors (Lipinski definition) is 10. The maximum Gasteiger partial charge on any atom is 0.268 e. The number of ether oxygens (including phenoxy) is 1. The second kappa shape index (κ2) is 11.7. The number of nitrogens with one attached hydrogen (secondary N) is 1. The van der Waals surface area contributed by atoms with Crippen LogP contribution >= 0.6 is 11.8 Å². The summed E-state index contributed by atoms with van der Waals surface area (Å²) in [6.07, 6.45) is 4.43. The molecule has 2 atom stereocenters. The van der Waals surface area contributed by atoms with Crippen molar-refractivity contribution < 1.29 is 17.9 Å². The fourth-order valence-electron chi connectivity index (χ4n) is 4.49. The number of amides is 1. The van der Waals surface area contributed by atoms with Crippen LogP contribution in [0.15, 0.2) is 59.6 Å². The summed E-state index contributed by atoms with van der Waals surface area (Å²) in [5.74, 6) is 1.39. The van der Waals surface area contributed by atoms with Crippen LogP contribution in [-0.2, 0) is 10.0 Å². The van der Waals surface area contributed by atoms with E-state index in [9.17, 15) is 13.2 Å². The summed E-state index contributed by atoms with van der Waals surface area (Å²) in [5, 5.41) is 4.44. The van der Waals surface area contributed by atoms with E-state index in [1.807, 2.05) is 18.1 Å². The van der Waals surface area contributed by atoms with Gasteiger partial charge in [0.15, 0.2) is 5.82 Å². The molecule has 0 bridgehead atoms. The van der Waals surface area contributed by atoms with Gasteiger partial charge in [-0.05, 0) is 56.3 Å². The summed E-state index contributed by atoms with van der Waals surface area (Å²) in [6.45, 7) is 3.79. The molecule has 204 valence electrons. The summed E-state index contributed by atoms with van der Waals surface area (Å²) in [5.41, 5.74) is 11.8. The highest BCUT2D eigenvalue weighted by atomic mass is 32.2. The van der Waals surface area contributed by atoms with Crippen molar-refractivity contribution in [3.63, 3.8) is 0 Å². The molecule has 1 aliphatic heterocycles. The first-order chi connectivity index (χ1) is 18.2. The fourth-order valence-corrected chi connectivity index (χ4v) is 5.73. The van der Waals surface area contributed by atoms with Gasteiger partial charge in [0.1, 0.15) is 5.82 Å². The molecule has 11 nitrogen and oxygen atoms in total. The van der Waals surface area contributed by atoms with Gasteiger partial charge < -0.3 is 21.1 Å². The monoisotopic (exact) mass is 559 g/mol. The fraction of sp³-hybridized carbons (Fsp3) is 0.400. The van der Waals surface area contributed by atoms with Crippen molar-refractivity contribution in [1.82, 2.24) is 19.5 Å². The van der Waals surface area contributed by atoms with Crippen molar-refractivity contribution >= 4 is 33.5 Å². The van der Waals surface area contributed by atoms with Crippen LogP contribution in [0.5, 0.6) is 5.88 Å². The number of thioether (sulfide) groups is 1. The second-order valence-electron chi connectivity index (χ2n) is 9.35. The summed E-state index contributed by atoms with van der Waals surface area (Å²) in [4.78, 5) is 20.1. The minimum atomic E-state index is -4.09. The predicted molar refractivity (Wildman–Crippen MR) is 148 cm³/mol. The van der Waals surface area contributed by atoms with E-state index in [-0.39, 0.29) is 16.4 Å². The lowest BCUT2D eigenvalue weighted by atomic mass is 9.94.